The Kier molecular flexibility index (Phi) is 10.8. The molecule has 4 aromatic rings. The van der Waals surface area contributed by atoms with Crippen LogP contribution < -0.4 is 5.32 Å². The van der Waals surface area contributed by atoms with Crippen LogP contribution in [0, 0.1) is 11.8 Å². The number of thiophene rings is 1. The zero-order chi connectivity index (χ0) is 35.4. The number of rotatable bonds is 10. The van der Waals surface area contributed by atoms with Crippen LogP contribution in [0.5, 0.6) is 0 Å². The van der Waals surface area contributed by atoms with E-state index in [4.69, 9.17) is 4.74 Å². The number of amides is 2. The first-order valence-corrected chi connectivity index (χ1v) is 18.6. The molecule has 262 valence electrons. The molecule has 2 aliphatic rings. The second-order valence-electron chi connectivity index (χ2n) is 14.8. The minimum atomic E-state index is -0.791. The van der Waals surface area contributed by atoms with Crippen LogP contribution >= 0.6 is 11.3 Å². The predicted molar refractivity (Wildman–Crippen MR) is 198 cm³/mol. The molecule has 2 aromatic carbocycles. The molecule has 8 nitrogen and oxygen atoms in total. The van der Waals surface area contributed by atoms with Gasteiger partial charge in [-0.1, -0.05) is 82.6 Å². The maximum Gasteiger partial charge on any atom is 0.312 e. The normalized spacial score (nSPS) is 18.6. The molecule has 1 N–H and O–H groups in total. The number of carbonyl (C=O) groups is 3. The molecule has 2 fully saturated rings. The van der Waals surface area contributed by atoms with E-state index in [0.717, 1.165) is 33.0 Å². The molecule has 2 aromatic heterocycles. The fraction of sp³-hybridized carbons (Fsp3) is 0.439. The Morgan fingerprint density at radius 2 is 1.52 bits per heavy atom. The van der Waals surface area contributed by atoms with Crippen LogP contribution in [0.25, 0.3) is 22.5 Å². The quantitative estimate of drug-likeness (QED) is 0.170. The van der Waals surface area contributed by atoms with E-state index < -0.39 is 6.04 Å². The lowest BCUT2D eigenvalue weighted by Crippen LogP contribution is -2.59. The molecule has 0 spiro atoms. The standard InChI is InChI=1S/C41H48N4O4S/c1-6-26-7-11-28(12-8-26)29-15-17-30(18-16-29)32-22-42-37(43-23-32)31-13-9-27(10-14-31)21-34(39(47)45-24-33(25-45)40(48)49-5)44-38(46)35-19-20-36(50-35)41(2,3)4/h9-10,13-20,22-23,26,28,33-34H,6-8,11-12,21,24-25H2,1-5H3,(H,44,46)/t26-,28-,34-/m0/s1. The average molecular weight is 693 g/mol. The molecule has 3 heterocycles. The van der Waals surface area contributed by atoms with Crippen molar-refractivity contribution in [2.75, 3.05) is 20.2 Å². The number of nitrogens with one attached hydrogen (secondary N) is 1. The smallest absolute Gasteiger partial charge is 0.312 e. The van der Waals surface area contributed by atoms with Crippen molar-refractivity contribution in [3.63, 3.8) is 0 Å². The van der Waals surface area contributed by atoms with E-state index in [1.807, 2.05) is 48.8 Å². The molecule has 0 radical (unpaired) electrons. The number of carbonyl (C=O) groups excluding carboxylic acids is 3. The molecule has 1 saturated heterocycles. The SMILES string of the molecule is CC[C@H]1CC[C@H](c2ccc(-c3cnc(-c4ccc(C[C@H](NC(=O)c5ccc(C(C)(C)C)s5)C(=O)N5CC(C(=O)OC)C5)cc4)nc3)cc2)CC1. The maximum absolute atomic E-state index is 13.6. The molecule has 50 heavy (non-hydrogen) atoms. The summed E-state index contributed by atoms with van der Waals surface area (Å²) in [5.41, 5.74) is 5.18. The van der Waals surface area contributed by atoms with Gasteiger partial charge < -0.3 is 15.0 Å². The van der Waals surface area contributed by atoms with Crippen LogP contribution in [-0.4, -0.2) is 58.9 Å². The van der Waals surface area contributed by atoms with Gasteiger partial charge in [0.1, 0.15) is 6.04 Å². The van der Waals surface area contributed by atoms with Crippen LogP contribution in [0.4, 0.5) is 0 Å². The first-order valence-electron chi connectivity index (χ1n) is 17.8. The monoisotopic (exact) mass is 692 g/mol. The van der Waals surface area contributed by atoms with Crippen LogP contribution in [0.15, 0.2) is 73.1 Å². The van der Waals surface area contributed by atoms with Gasteiger partial charge in [0.05, 0.1) is 17.9 Å². The first kappa shape index (κ1) is 35.5. The summed E-state index contributed by atoms with van der Waals surface area (Å²) in [6.07, 6.45) is 10.6. The number of nitrogens with zero attached hydrogens (tertiary/aromatic N) is 3. The molecule has 1 aliphatic heterocycles. The van der Waals surface area contributed by atoms with Gasteiger partial charge in [0.15, 0.2) is 5.82 Å². The second-order valence-corrected chi connectivity index (χ2v) is 15.9. The van der Waals surface area contributed by atoms with Gasteiger partial charge in [-0.2, -0.15) is 0 Å². The molecular formula is C41H48N4O4S. The van der Waals surface area contributed by atoms with Crippen LogP contribution in [0.2, 0.25) is 0 Å². The van der Waals surface area contributed by atoms with E-state index >= 15 is 0 Å². The lowest BCUT2D eigenvalue weighted by Gasteiger charge is -2.39. The summed E-state index contributed by atoms with van der Waals surface area (Å²) in [5.74, 6) is 1.00. The van der Waals surface area contributed by atoms with Gasteiger partial charge in [0.25, 0.3) is 5.91 Å². The van der Waals surface area contributed by atoms with Gasteiger partial charge in [-0.25, -0.2) is 9.97 Å². The lowest BCUT2D eigenvalue weighted by molar-refractivity contribution is -0.156. The summed E-state index contributed by atoms with van der Waals surface area (Å²) in [4.78, 5) is 51.5. The number of methoxy groups -OCH3 is 1. The van der Waals surface area contributed by atoms with Gasteiger partial charge in [-0.15, -0.1) is 11.3 Å². The van der Waals surface area contributed by atoms with Crippen molar-refractivity contribution < 1.29 is 19.1 Å². The fourth-order valence-corrected chi connectivity index (χ4v) is 7.96. The van der Waals surface area contributed by atoms with E-state index in [0.29, 0.717) is 23.0 Å². The molecular weight excluding hydrogens is 645 g/mol. The van der Waals surface area contributed by atoms with Gasteiger partial charge in [-0.05, 0) is 71.8 Å². The third kappa shape index (κ3) is 8.15. The largest absolute Gasteiger partial charge is 0.469 e. The number of likely N-dealkylation sites (tertiary alicyclic amines) is 1. The Morgan fingerprint density at radius 3 is 2.10 bits per heavy atom. The predicted octanol–water partition coefficient (Wildman–Crippen LogP) is 7.83. The summed E-state index contributed by atoms with van der Waals surface area (Å²) < 4.78 is 4.84. The molecule has 1 atom stereocenters. The molecule has 1 aliphatic carbocycles. The van der Waals surface area contributed by atoms with E-state index in [1.165, 1.54) is 56.1 Å². The number of benzene rings is 2. The number of hydrogen-bond acceptors (Lipinski definition) is 7. The van der Waals surface area contributed by atoms with E-state index in [9.17, 15) is 14.4 Å². The van der Waals surface area contributed by atoms with Crippen LogP contribution in [-0.2, 0) is 26.2 Å². The Morgan fingerprint density at radius 1 is 0.880 bits per heavy atom. The van der Waals surface area contributed by atoms with Crippen LogP contribution in [0.1, 0.15) is 91.4 Å². The number of hydrogen-bond donors (Lipinski definition) is 1. The maximum atomic E-state index is 13.6. The molecule has 9 heteroatoms. The summed E-state index contributed by atoms with van der Waals surface area (Å²) in [6, 6.07) is 19.7. The fourth-order valence-electron chi connectivity index (χ4n) is 6.99. The van der Waals surface area contributed by atoms with Gasteiger partial charge >= 0.3 is 5.97 Å². The minimum Gasteiger partial charge on any atom is -0.469 e. The molecule has 6 rings (SSSR count). The highest BCUT2D eigenvalue weighted by Crippen LogP contribution is 2.37. The van der Waals surface area contributed by atoms with Crippen molar-refractivity contribution in [1.29, 1.82) is 0 Å². The minimum absolute atomic E-state index is 0.0801. The van der Waals surface area contributed by atoms with Gasteiger partial charge in [0.2, 0.25) is 5.91 Å². The lowest BCUT2D eigenvalue weighted by atomic mass is 9.78. The number of ether oxygens (including phenoxy) is 1. The van der Waals surface area contributed by atoms with Crippen molar-refractivity contribution in [2.45, 2.75) is 83.6 Å². The van der Waals surface area contributed by atoms with E-state index in [-0.39, 0.29) is 42.2 Å². The zero-order valence-electron chi connectivity index (χ0n) is 29.8. The average Bonchev–Trinajstić information content (AvgIpc) is 3.63. The summed E-state index contributed by atoms with van der Waals surface area (Å²) >= 11 is 1.44. The summed E-state index contributed by atoms with van der Waals surface area (Å²) in [6.45, 7) is 9.18. The van der Waals surface area contributed by atoms with E-state index in [1.54, 1.807) is 4.90 Å². The third-order valence-electron chi connectivity index (χ3n) is 10.3. The molecule has 0 bridgehead atoms. The highest BCUT2D eigenvalue weighted by atomic mass is 32.1. The van der Waals surface area contributed by atoms with Gasteiger partial charge in [0, 0.05) is 47.9 Å². The number of esters is 1. The zero-order valence-corrected chi connectivity index (χ0v) is 30.6. The van der Waals surface area contributed by atoms with Crippen molar-refractivity contribution in [3.8, 4) is 22.5 Å². The van der Waals surface area contributed by atoms with E-state index in [2.05, 4.69) is 67.2 Å². The highest BCUT2D eigenvalue weighted by Gasteiger charge is 2.39. The van der Waals surface area contributed by atoms with Gasteiger partial charge in [-0.3, -0.25) is 14.4 Å². The molecule has 1 saturated carbocycles. The summed E-state index contributed by atoms with van der Waals surface area (Å²) in [7, 11) is 1.35. The highest BCUT2D eigenvalue weighted by molar-refractivity contribution is 7.14. The second kappa shape index (κ2) is 15.3. The Balaban J connectivity index is 1.11. The summed E-state index contributed by atoms with van der Waals surface area (Å²) in [5, 5.41) is 2.99. The van der Waals surface area contributed by atoms with Crippen molar-refractivity contribution in [2.24, 2.45) is 11.8 Å². The van der Waals surface area contributed by atoms with Crippen molar-refractivity contribution in [1.82, 2.24) is 20.2 Å². The topological polar surface area (TPSA) is 101 Å². The molecule has 2 amide bonds. The Bertz CT molecular complexity index is 1780. The number of aromatic nitrogens is 2. The first-order chi connectivity index (χ1) is 24.0. The Hall–Kier alpha value is -4.37. The van der Waals surface area contributed by atoms with Crippen molar-refractivity contribution >= 4 is 29.1 Å². The Labute approximate surface area is 299 Å². The van der Waals surface area contributed by atoms with Crippen LogP contribution in [0.3, 0.4) is 0 Å². The molecule has 0 unspecified atom stereocenters. The third-order valence-corrected chi connectivity index (χ3v) is 11.9. The van der Waals surface area contributed by atoms with Crippen molar-refractivity contribution in [3.05, 3.63) is 93.9 Å².